The Labute approximate surface area is 173 Å². The molecule has 0 bridgehead atoms. The van der Waals surface area contributed by atoms with Gasteiger partial charge in [-0.2, -0.15) is 0 Å². The smallest absolute Gasteiger partial charge is 0.274 e. The van der Waals surface area contributed by atoms with Crippen LogP contribution in [0.2, 0.25) is 0 Å². The third kappa shape index (κ3) is 3.32. The summed E-state index contributed by atoms with van der Waals surface area (Å²) in [6.45, 7) is 3.86. The first-order valence-electron chi connectivity index (χ1n) is 9.94. The van der Waals surface area contributed by atoms with Gasteiger partial charge in [-0.25, -0.2) is 0 Å². The average molecular weight is 412 g/mol. The van der Waals surface area contributed by atoms with E-state index < -0.39 is 17.8 Å². The van der Waals surface area contributed by atoms with E-state index in [-0.39, 0.29) is 48.2 Å². The number of ether oxygens (including phenoxy) is 2. The van der Waals surface area contributed by atoms with Gasteiger partial charge in [-0.05, 0) is 19.4 Å². The third-order valence-electron chi connectivity index (χ3n) is 5.53. The molecule has 0 radical (unpaired) electrons. The number of aliphatic hydroxyl groups is 1. The number of benzene rings is 1. The van der Waals surface area contributed by atoms with Gasteiger partial charge >= 0.3 is 0 Å². The first kappa shape index (κ1) is 20.3. The van der Waals surface area contributed by atoms with Crippen LogP contribution in [0.15, 0.2) is 35.1 Å². The molecule has 0 aliphatic carbocycles. The van der Waals surface area contributed by atoms with E-state index in [1.807, 2.05) is 44.2 Å². The molecular weight excluding hydrogens is 388 g/mol. The first-order chi connectivity index (χ1) is 14.4. The summed E-state index contributed by atoms with van der Waals surface area (Å²) in [6, 6.07) is 8.94. The standard InChI is InChI=1S/C22H24N2O6/c1-13(2)23-8-15-11-29-12-16-18(17(26)9-25)20(27)21(19(22(23)28)24(15)16)30-10-14-6-4-3-5-7-14/h3-7,13,15,25H,8-12H2,1-2H3/t15-/m1/s1. The summed E-state index contributed by atoms with van der Waals surface area (Å²) < 4.78 is 13.2. The summed E-state index contributed by atoms with van der Waals surface area (Å²) in [5.74, 6) is -1.17. The molecule has 158 valence electrons. The van der Waals surface area contributed by atoms with E-state index in [0.29, 0.717) is 18.8 Å². The van der Waals surface area contributed by atoms with Crippen LogP contribution in [0.4, 0.5) is 0 Å². The van der Waals surface area contributed by atoms with Crippen LogP contribution in [-0.4, -0.2) is 52.1 Å². The molecule has 0 spiro atoms. The van der Waals surface area contributed by atoms with E-state index in [0.717, 1.165) is 5.56 Å². The van der Waals surface area contributed by atoms with E-state index in [2.05, 4.69) is 0 Å². The topological polar surface area (TPSA) is 98.1 Å². The number of aromatic nitrogens is 1. The summed E-state index contributed by atoms with van der Waals surface area (Å²) in [5.41, 5.74) is 0.447. The minimum absolute atomic E-state index is 0.0216. The van der Waals surface area contributed by atoms with Crippen LogP contribution < -0.4 is 10.2 Å². The van der Waals surface area contributed by atoms with Crippen LogP contribution in [0, 0.1) is 0 Å². The molecule has 0 saturated heterocycles. The Balaban J connectivity index is 1.92. The van der Waals surface area contributed by atoms with Crippen molar-refractivity contribution in [1.82, 2.24) is 9.47 Å². The lowest BCUT2D eigenvalue weighted by Gasteiger charge is -2.42. The predicted molar refractivity (Wildman–Crippen MR) is 108 cm³/mol. The van der Waals surface area contributed by atoms with Gasteiger partial charge in [0.2, 0.25) is 5.43 Å². The highest BCUT2D eigenvalue weighted by atomic mass is 16.5. The van der Waals surface area contributed by atoms with E-state index in [4.69, 9.17) is 9.47 Å². The summed E-state index contributed by atoms with van der Waals surface area (Å²) in [4.78, 5) is 40.8. The van der Waals surface area contributed by atoms with Gasteiger partial charge < -0.3 is 24.0 Å². The minimum Gasteiger partial charge on any atom is -0.483 e. The van der Waals surface area contributed by atoms with Gasteiger partial charge in [0, 0.05) is 12.6 Å². The van der Waals surface area contributed by atoms with Crippen molar-refractivity contribution in [3.8, 4) is 5.75 Å². The molecule has 1 N–H and O–H groups in total. The fraction of sp³-hybridized carbons (Fsp3) is 0.409. The van der Waals surface area contributed by atoms with Crippen LogP contribution in [-0.2, 0) is 18.0 Å². The van der Waals surface area contributed by atoms with Gasteiger partial charge in [0.1, 0.15) is 13.2 Å². The van der Waals surface area contributed by atoms with Crippen molar-refractivity contribution < 1.29 is 24.2 Å². The molecule has 0 saturated carbocycles. The van der Waals surface area contributed by atoms with Gasteiger partial charge in [-0.1, -0.05) is 30.3 Å². The maximum absolute atomic E-state index is 13.3. The second-order valence-electron chi connectivity index (χ2n) is 7.77. The Morgan fingerprint density at radius 3 is 2.67 bits per heavy atom. The number of amides is 1. The molecule has 2 aromatic rings. The van der Waals surface area contributed by atoms with Crippen molar-refractivity contribution >= 4 is 11.7 Å². The number of carbonyl (C=O) groups excluding carboxylic acids is 2. The van der Waals surface area contributed by atoms with Crippen molar-refractivity contribution in [2.75, 3.05) is 19.8 Å². The van der Waals surface area contributed by atoms with Gasteiger partial charge in [-0.15, -0.1) is 0 Å². The van der Waals surface area contributed by atoms with Crippen LogP contribution in [0.5, 0.6) is 5.75 Å². The number of rotatable bonds is 6. The Kier molecular flexibility index (Phi) is 5.44. The van der Waals surface area contributed by atoms with E-state index in [1.54, 1.807) is 9.47 Å². The fourth-order valence-electron chi connectivity index (χ4n) is 4.08. The second-order valence-corrected chi connectivity index (χ2v) is 7.77. The Morgan fingerprint density at radius 2 is 2.00 bits per heavy atom. The molecule has 2 aliphatic rings. The summed E-state index contributed by atoms with van der Waals surface area (Å²) in [6.07, 6.45) is 0. The molecule has 0 unspecified atom stereocenters. The van der Waals surface area contributed by atoms with E-state index in [9.17, 15) is 19.5 Å². The zero-order valence-electron chi connectivity index (χ0n) is 17.0. The average Bonchev–Trinajstić information content (AvgIpc) is 2.75. The predicted octanol–water partition coefficient (Wildman–Crippen LogP) is 1.54. The van der Waals surface area contributed by atoms with Crippen LogP contribution >= 0.6 is 0 Å². The number of ketones is 1. The molecule has 2 aliphatic heterocycles. The van der Waals surface area contributed by atoms with Crippen LogP contribution in [0.1, 0.15) is 52.0 Å². The van der Waals surface area contributed by atoms with Gasteiger partial charge in [0.05, 0.1) is 30.5 Å². The summed E-state index contributed by atoms with van der Waals surface area (Å²) >= 11 is 0. The van der Waals surface area contributed by atoms with Gasteiger partial charge in [-0.3, -0.25) is 14.4 Å². The number of hydrogen-bond donors (Lipinski definition) is 1. The number of hydrogen-bond acceptors (Lipinski definition) is 6. The molecule has 1 aromatic carbocycles. The van der Waals surface area contributed by atoms with E-state index >= 15 is 0 Å². The van der Waals surface area contributed by atoms with Crippen molar-refractivity contribution in [1.29, 1.82) is 0 Å². The first-order valence-corrected chi connectivity index (χ1v) is 9.94. The molecule has 8 nitrogen and oxygen atoms in total. The number of aliphatic hydroxyl groups excluding tert-OH is 1. The summed E-state index contributed by atoms with van der Waals surface area (Å²) in [7, 11) is 0. The Bertz CT molecular complexity index is 1040. The maximum Gasteiger partial charge on any atom is 0.274 e. The lowest BCUT2D eigenvalue weighted by Crippen LogP contribution is -2.51. The SMILES string of the molecule is CC(C)N1C[C@@H]2COCc3c(C(=O)CO)c(=O)c(OCc4ccccc4)c(n32)C1=O. The lowest BCUT2D eigenvalue weighted by atomic mass is 10.00. The third-order valence-corrected chi connectivity index (χ3v) is 5.53. The number of Topliss-reactive ketones (excluding diaryl/α,β-unsaturated/α-hetero) is 1. The molecule has 0 fully saturated rings. The summed E-state index contributed by atoms with van der Waals surface area (Å²) in [5, 5.41) is 9.43. The van der Waals surface area contributed by atoms with Crippen molar-refractivity contribution in [3.63, 3.8) is 0 Å². The lowest BCUT2D eigenvalue weighted by molar-refractivity contribution is 0.0189. The molecule has 30 heavy (non-hydrogen) atoms. The molecule has 1 atom stereocenters. The monoisotopic (exact) mass is 412 g/mol. The number of pyridine rings is 1. The quantitative estimate of drug-likeness (QED) is 0.723. The van der Waals surface area contributed by atoms with Crippen molar-refractivity contribution in [2.45, 2.75) is 39.1 Å². The molecule has 4 rings (SSSR count). The minimum atomic E-state index is -0.809. The van der Waals surface area contributed by atoms with E-state index in [1.165, 1.54) is 0 Å². The zero-order valence-corrected chi connectivity index (χ0v) is 17.0. The van der Waals surface area contributed by atoms with Gasteiger partial charge in [0.15, 0.2) is 17.2 Å². The molecule has 8 heteroatoms. The molecule has 1 amide bonds. The maximum atomic E-state index is 13.3. The number of nitrogens with zero attached hydrogens (tertiary/aromatic N) is 2. The van der Waals surface area contributed by atoms with Gasteiger partial charge in [0.25, 0.3) is 5.91 Å². The molecule has 1 aromatic heterocycles. The highest BCUT2D eigenvalue weighted by Crippen LogP contribution is 2.34. The second kappa shape index (κ2) is 8.04. The molecular formula is C22H24N2O6. The molecule has 3 heterocycles. The van der Waals surface area contributed by atoms with Crippen molar-refractivity contribution in [2.24, 2.45) is 0 Å². The highest BCUT2D eigenvalue weighted by Gasteiger charge is 2.41. The Morgan fingerprint density at radius 1 is 1.27 bits per heavy atom. The zero-order chi connectivity index (χ0) is 21.4. The van der Waals surface area contributed by atoms with Crippen molar-refractivity contribution in [3.05, 3.63) is 63.1 Å². The van der Waals surface area contributed by atoms with Crippen LogP contribution in [0.25, 0.3) is 0 Å². The normalized spacial score (nSPS) is 17.8. The number of carbonyl (C=O) groups is 2. The fourth-order valence-corrected chi connectivity index (χ4v) is 4.08. The Hall–Kier alpha value is -2.97. The highest BCUT2D eigenvalue weighted by molar-refractivity contribution is 6.01. The van der Waals surface area contributed by atoms with Crippen LogP contribution in [0.3, 0.4) is 0 Å². The largest absolute Gasteiger partial charge is 0.483 e.